The van der Waals surface area contributed by atoms with Crippen molar-refractivity contribution in [3.8, 4) is 5.75 Å². The van der Waals surface area contributed by atoms with Crippen molar-refractivity contribution in [3.05, 3.63) is 29.3 Å². The highest BCUT2D eigenvalue weighted by atomic mass is 35.5. The summed E-state index contributed by atoms with van der Waals surface area (Å²) in [5.74, 6) is 0.204. The fraction of sp³-hybridized carbons (Fsp3) is 0.500. The Labute approximate surface area is 112 Å². The van der Waals surface area contributed by atoms with Gasteiger partial charge < -0.3 is 10.1 Å². The van der Waals surface area contributed by atoms with Gasteiger partial charge in [-0.15, -0.1) is 12.4 Å². The first-order chi connectivity index (χ1) is 8.76. The Morgan fingerprint density at radius 2 is 2.17 bits per heavy atom. The smallest absolute Gasteiger partial charge is 0.416 e. The zero-order valence-corrected chi connectivity index (χ0v) is 10.1. The summed E-state index contributed by atoms with van der Waals surface area (Å²) in [5, 5.41) is 2.80. The van der Waals surface area contributed by atoms with Gasteiger partial charge in [0.2, 0.25) is 0 Å². The number of benzene rings is 1. The minimum atomic E-state index is -4.39. The molecule has 1 N–H and O–H groups in total. The highest BCUT2D eigenvalue weighted by Gasteiger charge is 2.38. The molecular formula is C12H13ClF3NO. The van der Waals surface area contributed by atoms with E-state index in [1.807, 2.05) is 0 Å². The van der Waals surface area contributed by atoms with Gasteiger partial charge >= 0.3 is 6.18 Å². The van der Waals surface area contributed by atoms with Crippen molar-refractivity contribution in [3.63, 3.8) is 0 Å². The molecule has 2 nitrogen and oxygen atoms in total. The van der Waals surface area contributed by atoms with Crippen LogP contribution < -0.4 is 10.1 Å². The second-order valence-corrected chi connectivity index (χ2v) is 4.24. The molecule has 1 aromatic rings. The van der Waals surface area contributed by atoms with Crippen LogP contribution >= 0.6 is 12.4 Å². The Hall–Kier alpha value is -0.940. The summed E-state index contributed by atoms with van der Waals surface area (Å²) in [4.78, 5) is 0. The van der Waals surface area contributed by atoms with Crippen LogP contribution in [0.3, 0.4) is 0 Å². The molecule has 2 heterocycles. The molecule has 2 aliphatic heterocycles. The van der Waals surface area contributed by atoms with Crippen molar-refractivity contribution < 1.29 is 20.6 Å². The highest BCUT2D eigenvalue weighted by molar-refractivity contribution is 5.85. The SMILES string of the molecule is Cl.[2H]C1([2H])CC[C@@H]2Oc3cc(C(F)(F)F)ccc3[C@@H]2N1. The standard InChI is InChI=1S/C12H12F3NO.ClH/c13-12(14,15)7-3-4-8-10(6-7)17-9-2-1-5-16-11(8)9;/h3-4,6,9,11,16H,1-2,5H2;1H/t9-,11-;/m0./s1/i5D2;. The molecule has 6 heteroatoms. The molecule has 2 aliphatic rings. The van der Waals surface area contributed by atoms with Crippen LogP contribution in [0.5, 0.6) is 5.75 Å². The molecule has 3 rings (SSSR count). The molecule has 18 heavy (non-hydrogen) atoms. The number of hydrogen-bond acceptors (Lipinski definition) is 2. The van der Waals surface area contributed by atoms with Crippen LogP contribution in [-0.2, 0) is 6.18 Å². The Morgan fingerprint density at radius 3 is 2.89 bits per heavy atom. The van der Waals surface area contributed by atoms with Crippen molar-refractivity contribution in [1.82, 2.24) is 5.32 Å². The molecule has 2 atom stereocenters. The minimum Gasteiger partial charge on any atom is -0.488 e. The van der Waals surface area contributed by atoms with Gasteiger partial charge in [0.25, 0.3) is 0 Å². The molecule has 0 aliphatic carbocycles. The van der Waals surface area contributed by atoms with Gasteiger partial charge in [-0.1, -0.05) is 6.07 Å². The predicted molar refractivity (Wildman–Crippen MR) is 63.1 cm³/mol. The largest absolute Gasteiger partial charge is 0.488 e. The maximum absolute atomic E-state index is 12.6. The summed E-state index contributed by atoms with van der Waals surface area (Å²) in [6.45, 7) is -1.51. The second-order valence-electron chi connectivity index (χ2n) is 4.24. The molecule has 0 amide bonds. The molecule has 0 unspecified atom stereocenters. The maximum atomic E-state index is 12.6. The third-order valence-electron chi connectivity index (χ3n) is 3.14. The van der Waals surface area contributed by atoms with Crippen LogP contribution in [0.1, 0.15) is 32.8 Å². The van der Waals surface area contributed by atoms with Gasteiger partial charge in [-0.05, 0) is 31.5 Å². The summed E-state index contributed by atoms with van der Waals surface area (Å²) >= 11 is 0. The zero-order chi connectivity index (χ0) is 13.8. The van der Waals surface area contributed by atoms with E-state index in [0.717, 1.165) is 12.1 Å². The van der Waals surface area contributed by atoms with Crippen LogP contribution in [0, 0.1) is 0 Å². The molecule has 0 spiro atoms. The summed E-state index contributed by atoms with van der Waals surface area (Å²) in [5.41, 5.74) is -0.144. The Bertz CT molecular complexity index is 524. The monoisotopic (exact) mass is 281 g/mol. The number of ether oxygens (including phenoxy) is 1. The van der Waals surface area contributed by atoms with Gasteiger partial charge in [-0.2, -0.15) is 13.2 Å². The summed E-state index contributed by atoms with van der Waals surface area (Å²) in [7, 11) is 0. The van der Waals surface area contributed by atoms with Gasteiger partial charge in [-0.3, -0.25) is 0 Å². The highest BCUT2D eigenvalue weighted by Crippen LogP contribution is 2.42. The lowest BCUT2D eigenvalue weighted by Gasteiger charge is -2.25. The van der Waals surface area contributed by atoms with Gasteiger partial charge in [-0.25, -0.2) is 0 Å². The number of fused-ring (bicyclic) bond motifs is 3. The molecule has 100 valence electrons. The van der Waals surface area contributed by atoms with Crippen LogP contribution in [-0.4, -0.2) is 12.6 Å². The predicted octanol–water partition coefficient (Wildman–Crippen LogP) is 3.31. The first kappa shape index (κ1) is 10.9. The van der Waals surface area contributed by atoms with Crippen LogP contribution in [0.2, 0.25) is 0 Å². The van der Waals surface area contributed by atoms with Gasteiger partial charge in [0.1, 0.15) is 11.9 Å². The molecule has 1 saturated heterocycles. The Kier molecular flexibility index (Phi) is 2.81. The van der Waals surface area contributed by atoms with Gasteiger partial charge in [0, 0.05) is 8.30 Å². The van der Waals surface area contributed by atoms with Crippen molar-refractivity contribution >= 4 is 12.4 Å². The fourth-order valence-corrected chi connectivity index (χ4v) is 2.29. The van der Waals surface area contributed by atoms with Crippen LogP contribution in [0.15, 0.2) is 18.2 Å². The normalized spacial score (nSPS) is 30.2. The van der Waals surface area contributed by atoms with Crippen molar-refractivity contribution in [2.75, 3.05) is 6.50 Å². The average molecular weight is 282 g/mol. The number of nitrogens with one attached hydrogen (secondary N) is 1. The lowest BCUT2D eigenvalue weighted by atomic mass is 9.96. The summed E-state index contributed by atoms with van der Waals surface area (Å²) in [6, 6.07) is 3.00. The average Bonchev–Trinajstić information content (AvgIpc) is 2.63. The molecule has 1 aromatic carbocycles. The molecule has 0 aromatic heterocycles. The lowest BCUT2D eigenvalue weighted by Crippen LogP contribution is -2.36. The molecular weight excluding hydrogens is 267 g/mol. The number of halogens is 4. The Morgan fingerprint density at radius 1 is 1.39 bits per heavy atom. The molecule has 0 radical (unpaired) electrons. The molecule has 1 fully saturated rings. The Balaban J connectivity index is 0.00000147. The van der Waals surface area contributed by atoms with E-state index in [1.54, 1.807) is 0 Å². The van der Waals surface area contributed by atoms with Crippen LogP contribution in [0.4, 0.5) is 13.2 Å². The number of piperidine rings is 1. The van der Waals surface area contributed by atoms with E-state index in [0.29, 0.717) is 12.0 Å². The van der Waals surface area contributed by atoms with Crippen molar-refractivity contribution in [2.24, 2.45) is 0 Å². The van der Waals surface area contributed by atoms with E-state index < -0.39 is 18.2 Å². The topological polar surface area (TPSA) is 21.3 Å². The van der Waals surface area contributed by atoms with Gasteiger partial charge in [0.15, 0.2) is 0 Å². The molecule has 0 saturated carbocycles. The minimum absolute atomic E-state index is 0. The first-order valence-electron chi connectivity index (χ1n) is 6.42. The van der Waals surface area contributed by atoms with E-state index in [1.165, 1.54) is 6.07 Å². The van der Waals surface area contributed by atoms with E-state index in [4.69, 9.17) is 7.48 Å². The lowest BCUT2D eigenvalue weighted by molar-refractivity contribution is -0.137. The maximum Gasteiger partial charge on any atom is 0.416 e. The van der Waals surface area contributed by atoms with Crippen molar-refractivity contribution in [2.45, 2.75) is 31.2 Å². The quantitative estimate of drug-likeness (QED) is 0.788. The number of alkyl halides is 3. The summed E-state index contributed by atoms with van der Waals surface area (Å²) < 4.78 is 58.7. The fourth-order valence-electron chi connectivity index (χ4n) is 2.29. The third kappa shape index (κ3) is 2.17. The molecule has 0 bridgehead atoms. The number of rotatable bonds is 0. The van der Waals surface area contributed by atoms with E-state index >= 15 is 0 Å². The van der Waals surface area contributed by atoms with E-state index in [-0.39, 0.29) is 36.7 Å². The first-order valence-corrected chi connectivity index (χ1v) is 5.42. The van der Waals surface area contributed by atoms with Crippen LogP contribution in [0.25, 0.3) is 0 Å². The van der Waals surface area contributed by atoms with Crippen molar-refractivity contribution in [1.29, 1.82) is 0 Å². The van der Waals surface area contributed by atoms with E-state index in [2.05, 4.69) is 5.32 Å². The second kappa shape index (κ2) is 4.63. The number of hydrogen-bond donors (Lipinski definition) is 1. The zero-order valence-electron chi connectivity index (χ0n) is 11.3. The van der Waals surface area contributed by atoms with E-state index in [9.17, 15) is 13.2 Å². The third-order valence-corrected chi connectivity index (χ3v) is 3.14. The summed E-state index contributed by atoms with van der Waals surface area (Å²) in [6.07, 6.45) is -3.91. The van der Waals surface area contributed by atoms with Gasteiger partial charge in [0.05, 0.1) is 11.6 Å².